The molecule has 2 aromatic rings. The molecule has 7 nitrogen and oxygen atoms in total. The Morgan fingerprint density at radius 3 is 2.04 bits per heavy atom. The molecule has 7 heteroatoms. The van der Waals surface area contributed by atoms with Crippen LogP contribution in [0.1, 0.15) is 17.5 Å². The lowest BCUT2D eigenvalue weighted by atomic mass is 10.1. The minimum absolute atomic E-state index is 0.0342. The topological polar surface area (TPSA) is 106 Å². The number of nitrogen functional groups attached to an aromatic ring is 1. The summed E-state index contributed by atoms with van der Waals surface area (Å²) in [5, 5.41) is 16.0. The van der Waals surface area contributed by atoms with Crippen molar-refractivity contribution in [3.8, 4) is 0 Å². The molecule has 1 aliphatic heterocycles. The molecular weight excluding hydrogens is 342 g/mol. The number of nitrogens with two attached hydrogens (primary N) is 1. The summed E-state index contributed by atoms with van der Waals surface area (Å²) in [7, 11) is 1.39. The van der Waals surface area contributed by atoms with Crippen molar-refractivity contribution in [2.75, 3.05) is 30.0 Å². The zero-order valence-corrected chi connectivity index (χ0v) is 15.2. The summed E-state index contributed by atoms with van der Waals surface area (Å²) in [6.07, 6.45) is 0.998. The average molecular weight is 365 g/mol. The van der Waals surface area contributed by atoms with Gasteiger partial charge >= 0.3 is 5.97 Å². The van der Waals surface area contributed by atoms with Gasteiger partial charge in [-0.05, 0) is 48.4 Å². The Labute approximate surface area is 158 Å². The maximum absolute atomic E-state index is 11.3. The average Bonchev–Trinajstić information content (AvgIpc) is 3.08. The minimum Gasteiger partial charge on any atom is -0.469 e. The molecule has 1 aliphatic rings. The SMILES string of the molecule is COC(=O)CCc1ccc(N2CCN(c3ccc(C(=N)N)cc3)C2=N)cc1. The lowest BCUT2D eigenvalue weighted by Gasteiger charge is -2.22. The van der Waals surface area contributed by atoms with Crippen molar-refractivity contribution in [1.82, 2.24) is 0 Å². The second-order valence-corrected chi connectivity index (χ2v) is 6.33. The Balaban J connectivity index is 1.67. The van der Waals surface area contributed by atoms with Gasteiger partial charge in [-0.15, -0.1) is 0 Å². The van der Waals surface area contributed by atoms with Gasteiger partial charge in [0.2, 0.25) is 5.96 Å². The summed E-state index contributed by atoms with van der Waals surface area (Å²) in [6, 6.07) is 15.3. The number of esters is 1. The molecule has 0 spiro atoms. The van der Waals surface area contributed by atoms with Gasteiger partial charge in [-0.25, -0.2) is 0 Å². The van der Waals surface area contributed by atoms with Crippen molar-refractivity contribution in [3.05, 3.63) is 59.7 Å². The van der Waals surface area contributed by atoms with Gasteiger partial charge in [0.25, 0.3) is 0 Å². The van der Waals surface area contributed by atoms with Gasteiger partial charge in [0, 0.05) is 36.4 Å². The molecule has 0 saturated carbocycles. The molecule has 0 amide bonds. The number of benzene rings is 2. The Morgan fingerprint density at radius 2 is 1.56 bits per heavy atom. The van der Waals surface area contributed by atoms with Crippen LogP contribution in [0.15, 0.2) is 48.5 Å². The zero-order valence-electron chi connectivity index (χ0n) is 15.2. The molecule has 3 rings (SSSR count). The van der Waals surface area contributed by atoms with Crippen LogP contribution < -0.4 is 15.5 Å². The maximum atomic E-state index is 11.3. The lowest BCUT2D eigenvalue weighted by molar-refractivity contribution is -0.140. The van der Waals surface area contributed by atoms with Crippen LogP contribution in [0.4, 0.5) is 11.4 Å². The van der Waals surface area contributed by atoms with E-state index in [4.69, 9.17) is 16.6 Å². The van der Waals surface area contributed by atoms with Crippen LogP contribution >= 0.6 is 0 Å². The fraction of sp³-hybridized carbons (Fsp3) is 0.250. The van der Waals surface area contributed by atoms with Gasteiger partial charge in [0.05, 0.1) is 7.11 Å². The van der Waals surface area contributed by atoms with E-state index in [0.29, 0.717) is 30.9 Å². The van der Waals surface area contributed by atoms with Crippen molar-refractivity contribution < 1.29 is 9.53 Å². The van der Waals surface area contributed by atoms with Gasteiger partial charge in [-0.2, -0.15) is 0 Å². The number of nitrogens with zero attached hydrogens (tertiary/aromatic N) is 2. The Kier molecular flexibility index (Phi) is 5.40. The number of amidine groups is 1. The number of hydrogen-bond donors (Lipinski definition) is 3. The summed E-state index contributed by atoms with van der Waals surface area (Å²) in [4.78, 5) is 15.1. The van der Waals surface area contributed by atoms with Crippen LogP contribution in [0, 0.1) is 10.8 Å². The highest BCUT2D eigenvalue weighted by Gasteiger charge is 2.27. The molecule has 0 bridgehead atoms. The largest absolute Gasteiger partial charge is 0.469 e. The monoisotopic (exact) mass is 365 g/mol. The van der Waals surface area contributed by atoms with E-state index in [-0.39, 0.29) is 11.8 Å². The van der Waals surface area contributed by atoms with Gasteiger partial charge in [-0.3, -0.25) is 15.6 Å². The quantitative estimate of drug-likeness (QED) is 0.414. The first-order chi connectivity index (χ1) is 13.0. The first kappa shape index (κ1) is 18.4. The van der Waals surface area contributed by atoms with Gasteiger partial charge in [0.1, 0.15) is 5.84 Å². The standard InChI is InChI=1S/C20H23N5O2/c1-27-18(26)11-4-14-2-7-16(8-3-14)24-12-13-25(20(24)23)17-9-5-15(6-10-17)19(21)22/h2-3,5-10,23H,4,11-13H2,1H3,(H3,21,22). The van der Waals surface area contributed by atoms with E-state index in [0.717, 1.165) is 23.5 Å². The molecule has 0 radical (unpaired) electrons. The smallest absolute Gasteiger partial charge is 0.305 e. The molecule has 0 aromatic heterocycles. The third kappa shape index (κ3) is 4.08. The molecular formula is C20H23N5O2. The maximum Gasteiger partial charge on any atom is 0.305 e. The number of carbonyl (C=O) groups excluding carboxylic acids is 1. The second-order valence-electron chi connectivity index (χ2n) is 6.33. The van der Waals surface area contributed by atoms with Crippen molar-refractivity contribution in [2.24, 2.45) is 5.73 Å². The van der Waals surface area contributed by atoms with Gasteiger partial charge in [-0.1, -0.05) is 12.1 Å². The molecule has 2 aromatic carbocycles. The highest BCUT2D eigenvalue weighted by Crippen LogP contribution is 2.25. The number of ether oxygens (including phenoxy) is 1. The number of methoxy groups -OCH3 is 1. The number of carbonyl (C=O) groups is 1. The number of hydrogen-bond acceptors (Lipinski definition) is 4. The van der Waals surface area contributed by atoms with E-state index in [9.17, 15) is 4.79 Å². The number of anilines is 2. The van der Waals surface area contributed by atoms with Crippen LogP contribution in [0.2, 0.25) is 0 Å². The number of rotatable bonds is 6. The van der Waals surface area contributed by atoms with Crippen LogP contribution in [-0.2, 0) is 16.0 Å². The van der Waals surface area contributed by atoms with E-state index in [1.54, 1.807) is 12.1 Å². The number of nitrogens with one attached hydrogen (secondary N) is 2. The Hall–Kier alpha value is -3.35. The van der Waals surface area contributed by atoms with E-state index < -0.39 is 0 Å². The molecule has 1 saturated heterocycles. The fourth-order valence-corrected chi connectivity index (χ4v) is 3.07. The van der Waals surface area contributed by atoms with Crippen molar-refractivity contribution in [2.45, 2.75) is 12.8 Å². The molecule has 27 heavy (non-hydrogen) atoms. The number of aryl methyl sites for hydroxylation is 1. The molecule has 0 atom stereocenters. The van der Waals surface area contributed by atoms with Crippen molar-refractivity contribution >= 4 is 29.1 Å². The van der Waals surface area contributed by atoms with E-state index >= 15 is 0 Å². The Morgan fingerprint density at radius 1 is 1.04 bits per heavy atom. The van der Waals surface area contributed by atoms with E-state index in [2.05, 4.69) is 4.74 Å². The zero-order chi connectivity index (χ0) is 19.4. The fourth-order valence-electron chi connectivity index (χ4n) is 3.07. The van der Waals surface area contributed by atoms with Gasteiger partial charge < -0.3 is 20.3 Å². The summed E-state index contributed by atoms with van der Waals surface area (Å²) in [5.41, 5.74) is 9.08. The molecule has 140 valence electrons. The van der Waals surface area contributed by atoms with Crippen molar-refractivity contribution in [1.29, 1.82) is 10.8 Å². The van der Waals surface area contributed by atoms with Crippen LogP contribution in [0.25, 0.3) is 0 Å². The van der Waals surface area contributed by atoms with Crippen LogP contribution in [-0.4, -0.2) is 38.0 Å². The number of guanidine groups is 1. The lowest BCUT2D eigenvalue weighted by Crippen LogP contribution is -2.32. The predicted molar refractivity (Wildman–Crippen MR) is 107 cm³/mol. The van der Waals surface area contributed by atoms with Crippen LogP contribution in [0.5, 0.6) is 0 Å². The second kappa shape index (κ2) is 7.90. The third-order valence-electron chi connectivity index (χ3n) is 4.64. The normalized spacial score (nSPS) is 13.7. The summed E-state index contributed by atoms with van der Waals surface area (Å²) < 4.78 is 4.67. The third-order valence-corrected chi connectivity index (χ3v) is 4.64. The highest BCUT2D eigenvalue weighted by atomic mass is 16.5. The van der Waals surface area contributed by atoms with E-state index in [1.807, 2.05) is 46.2 Å². The molecule has 1 fully saturated rings. The molecule has 0 unspecified atom stereocenters. The highest BCUT2D eigenvalue weighted by molar-refractivity contribution is 6.07. The Bertz CT molecular complexity index is 846. The predicted octanol–water partition coefficient (Wildman–Crippen LogP) is 2.34. The summed E-state index contributed by atoms with van der Waals surface area (Å²) in [5.74, 6) is 0.228. The van der Waals surface area contributed by atoms with Crippen LogP contribution in [0.3, 0.4) is 0 Å². The molecule has 0 aliphatic carbocycles. The first-order valence-corrected chi connectivity index (χ1v) is 8.73. The van der Waals surface area contributed by atoms with Gasteiger partial charge in [0.15, 0.2) is 0 Å². The van der Waals surface area contributed by atoms with E-state index in [1.165, 1.54) is 7.11 Å². The summed E-state index contributed by atoms with van der Waals surface area (Å²) >= 11 is 0. The molecule has 1 heterocycles. The van der Waals surface area contributed by atoms with Crippen molar-refractivity contribution in [3.63, 3.8) is 0 Å². The summed E-state index contributed by atoms with van der Waals surface area (Å²) in [6.45, 7) is 1.43. The molecule has 4 N–H and O–H groups in total. The first-order valence-electron chi connectivity index (χ1n) is 8.73. The minimum atomic E-state index is -0.216.